The molecule has 108 valence electrons. The van der Waals surface area contributed by atoms with Crippen LogP contribution in [-0.2, 0) is 4.74 Å². The first kappa shape index (κ1) is 14.5. The number of amides is 2. The fraction of sp³-hybridized carbons (Fsp3) is 0.0667. The Labute approximate surface area is 120 Å². The summed E-state index contributed by atoms with van der Waals surface area (Å²) in [7, 11) is 1.26. The molecule has 0 radical (unpaired) electrons. The van der Waals surface area contributed by atoms with Gasteiger partial charge in [-0.15, -0.1) is 0 Å². The van der Waals surface area contributed by atoms with Crippen LogP contribution in [0.3, 0.4) is 0 Å². The van der Waals surface area contributed by atoms with Gasteiger partial charge in [0.2, 0.25) is 0 Å². The molecular weight excluding hydrogens is 275 g/mol. The zero-order valence-corrected chi connectivity index (χ0v) is 11.2. The number of anilines is 2. The minimum absolute atomic E-state index is 0.0331. The average Bonchev–Trinajstić information content (AvgIpc) is 2.49. The molecule has 0 unspecified atom stereocenters. The zero-order valence-electron chi connectivity index (χ0n) is 11.2. The molecule has 0 atom stereocenters. The number of methoxy groups -OCH3 is 1. The molecule has 21 heavy (non-hydrogen) atoms. The van der Waals surface area contributed by atoms with Crippen LogP contribution in [0.1, 0.15) is 10.4 Å². The summed E-state index contributed by atoms with van der Waals surface area (Å²) in [5.41, 5.74) is 0.971. The van der Waals surface area contributed by atoms with Gasteiger partial charge in [-0.1, -0.05) is 12.1 Å². The lowest BCUT2D eigenvalue weighted by Crippen LogP contribution is -2.14. The highest BCUT2D eigenvalue weighted by atomic mass is 19.1. The summed E-state index contributed by atoms with van der Waals surface area (Å²) in [6.45, 7) is 0. The van der Waals surface area contributed by atoms with Crippen molar-refractivity contribution >= 4 is 23.4 Å². The van der Waals surface area contributed by atoms with Crippen molar-refractivity contribution in [1.29, 1.82) is 0 Å². The first-order valence-electron chi connectivity index (χ1n) is 6.11. The van der Waals surface area contributed by atoms with Crippen LogP contribution >= 0.6 is 0 Å². The van der Waals surface area contributed by atoms with E-state index in [9.17, 15) is 14.0 Å². The smallest absolute Gasteiger partial charge is 0.411 e. The van der Waals surface area contributed by atoms with E-state index in [4.69, 9.17) is 0 Å². The Morgan fingerprint density at radius 1 is 0.952 bits per heavy atom. The number of ether oxygens (including phenoxy) is 1. The lowest BCUT2D eigenvalue weighted by atomic mass is 10.2. The van der Waals surface area contributed by atoms with Crippen molar-refractivity contribution in [2.75, 3.05) is 17.7 Å². The molecule has 0 saturated carbocycles. The third kappa shape index (κ3) is 3.79. The number of carbonyl (C=O) groups excluding carboxylic acids is 2. The minimum Gasteiger partial charge on any atom is -0.453 e. The second-order valence-corrected chi connectivity index (χ2v) is 4.13. The molecule has 2 rings (SSSR count). The molecule has 0 fully saturated rings. The van der Waals surface area contributed by atoms with Gasteiger partial charge in [-0.25, -0.2) is 9.18 Å². The maximum absolute atomic E-state index is 13.5. The molecule has 2 N–H and O–H groups in total. The summed E-state index contributed by atoms with van der Waals surface area (Å²) in [6.07, 6.45) is -0.585. The summed E-state index contributed by atoms with van der Waals surface area (Å²) >= 11 is 0. The van der Waals surface area contributed by atoms with E-state index in [1.165, 1.54) is 25.3 Å². The first-order valence-corrected chi connectivity index (χ1v) is 6.11. The number of benzene rings is 2. The van der Waals surface area contributed by atoms with Gasteiger partial charge in [0.1, 0.15) is 5.82 Å². The Kier molecular flexibility index (Phi) is 4.50. The average molecular weight is 288 g/mol. The van der Waals surface area contributed by atoms with Gasteiger partial charge in [-0.05, 0) is 36.4 Å². The van der Waals surface area contributed by atoms with Gasteiger partial charge < -0.3 is 10.1 Å². The Balaban J connectivity index is 2.05. The molecule has 0 heterocycles. The molecule has 0 aliphatic carbocycles. The van der Waals surface area contributed by atoms with Gasteiger partial charge in [-0.2, -0.15) is 0 Å². The quantitative estimate of drug-likeness (QED) is 0.911. The van der Waals surface area contributed by atoms with Crippen LogP contribution in [0.15, 0.2) is 48.5 Å². The van der Waals surface area contributed by atoms with Crippen molar-refractivity contribution in [2.45, 2.75) is 0 Å². The van der Waals surface area contributed by atoms with Gasteiger partial charge in [0.25, 0.3) is 5.91 Å². The van der Waals surface area contributed by atoms with Crippen LogP contribution in [0.25, 0.3) is 0 Å². The maximum atomic E-state index is 13.5. The topological polar surface area (TPSA) is 67.4 Å². The molecule has 0 bridgehead atoms. The van der Waals surface area contributed by atoms with Crippen molar-refractivity contribution in [3.8, 4) is 0 Å². The normalized spacial score (nSPS) is 9.81. The second-order valence-electron chi connectivity index (χ2n) is 4.13. The third-order valence-electron chi connectivity index (χ3n) is 2.69. The fourth-order valence-corrected chi connectivity index (χ4v) is 1.65. The standard InChI is InChI=1S/C15H13FN2O3/c1-21-15(20)18-11-8-6-10(7-9-11)17-14(19)12-4-2-3-5-13(12)16/h2-9H,1H3,(H,17,19)(H,18,20). The van der Waals surface area contributed by atoms with Crippen molar-refractivity contribution in [3.63, 3.8) is 0 Å². The van der Waals surface area contributed by atoms with Crippen LogP contribution in [0, 0.1) is 5.82 Å². The largest absolute Gasteiger partial charge is 0.453 e. The van der Waals surface area contributed by atoms with Crippen LogP contribution < -0.4 is 10.6 Å². The summed E-state index contributed by atoms with van der Waals surface area (Å²) in [5, 5.41) is 5.05. The number of halogens is 1. The van der Waals surface area contributed by atoms with E-state index in [-0.39, 0.29) is 5.56 Å². The summed E-state index contributed by atoms with van der Waals surface area (Å²) < 4.78 is 17.9. The summed E-state index contributed by atoms with van der Waals surface area (Å²) in [4.78, 5) is 22.9. The molecule has 5 nitrogen and oxygen atoms in total. The highest BCUT2D eigenvalue weighted by molar-refractivity contribution is 6.04. The van der Waals surface area contributed by atoms with Gasteiger partial charge >= 0.3 is 6.09 Å². The molecule has 2 aromatic carbocycles. The summed E-state index contributed by atoms with van der Waals surface area (Å²) in [5.74, 6) is -1.12. The number of hydrogen-bond acceptors (Lipinski definition) is 3. The van der Waals surface area contributed by atoms with E-state index >= 15 is 0 Å². The highest BCUT2D eigenvalue weighted by Crippen LogP contribution is 2.15. The van der Waals surface area contributed by atoms with Crippen LogP contribution in [-0.4, -0.2) is 19.1 Å². The van der Waals surface area contributed by atoms with Crippen molar-refractivity contribution in [1.82, 2.24) is 0 Å². The number of hydrogen-bond donors (Lipinski definition) is 2. The van der Waals surface area contributed by atoms with Crippen LogP contribution in [0.4, 0.5) is 20.6 Å². The van der Waals surface area contributed by atoms with Gasteiger partial charge in [-0.3, -0.25) is 10.1 Å². The fourth-order valence-electron chi connectivity index (χ4n) is 1.65. The number of rotatable bonds is 3. The van der Waals surface area contributed by atoms with Crippen molar-refractivity contribution in [3.05, 3.63) is 59.9 Å². The number of nitrogens with one attached hydrogen (secondary N) is 2. The van der Waals surface area contributed by atoms with Gasteiger partial charge in [0.15, 0.2) is 0 Å². The number of carbonyl (C=O) groups is 2. The van der Waals surface area contributed by atoms with Crippen LogP contribution in [0.5, 0.6) is 0 Å². The predicted molar refractivity (Wildman–Crippen MR) is 76.8 cm³/mol. The van der Waals surface area contributed by atoms with Crippen LogP contribution in [0.2, 0.25) is 0 Å². The Hall–Kier alpha value is -2.89. The van der Waals surface area contributed by atoms with E-state index < -0.39 is 17.8 Å². The molecular formula is C15H13FN2O3. The Morgan fingerprint density at radius 2 is 1.52 bits per heavy atom. The second kappa shape index (κ2) is 6.51. The van der Waals surface area contributed by atoms with E-state index in [0.717, 1.165) is 0 Å². The molecule has 0 aromatic heterocycles. The predicted octanol–water partition coefficient (Wildman–Crippen LogP) is 3.26. The Morgan fingerprint density at radius 3 is 2.10 bits per heavy atom. The minimum atomic E-state index is -0.585. The third-order valence-corrected chi connectivity index (χ3v) is 2.69. The van der Waals surface area contributed by atoms with E-state index in [2.05, 4.69) is 15.4 Å². The SMILES string of the molecule is COC(=O)Nc1ccc(NC(=O)c2ccccc2F)cc1. The van der Waals surface area contributed by atoms with E-state index in [0.29, 0.717) is 11.4 Å². The molecule has 2 aromatic rings. The molecule has 0 aliphatic heterocycles. The highest BCUT2D eigenvalue weighted by Gasteiger charge is 2.10. The van der Waals surface area contributed by atoms with Crippen molar-refractivity contribution < 1.29 is 18.7 Å². The first-order chi connectivity index (χ1) is 10.1. The zero-order chi connectivity index (χ0) is 15.2. The molecule has 0 aliphatic rings. The van der Waals surface area contributed by atoms with Gasteiger partial charge in [0, 0.05) is 11.4 Å². The molecule has 0 spiro atoms. The van der Waals surface area contributed by atoms with Gasteiger partial charge in [0.05, 0.1) is 12.7 Å². The maximum Gasteiger partial charge on any atom is 0.411 e. The Bertz CT molecular complexity index is 656. The molecule has 0 saturated heterocycles. The molecule has 6 heteroatoms. The lowest BCUT2D eigenvalue weighted by Gasteiger charge is -2.07. The van der Waals surface area contributed by atoms with Crippen molar-refractivity contribution in [2.24, 2.45) is 0 Å². The van der Waals surface area contributed by atoms with E-state index in [1.54, 1.807) is 30.3 Å². The monoisotopic (exact) mass is 288 g/mol. The lowest BCUT2D eigenvalue weighted by molar-refractivity contribution is 0.102. The van der Waals surface area contributed by atoms with E-state index in [1.807, 2.05) is 0 Å². The summed E-state index contributed by atoms with van der Waals surface area (Å²) in [6, 6.07) is 12.1. The molecule has 2 amide bonds.